The van der Waals surface area contributed by atoms with E-state index in [9.17, 15) is 9.59 Å². The molecule has 0 bridgehead atoms. The van der Waals surface area contributed by atoms with Crippen molar-refractivity contribution in [3.63, 3.8) is 0 Å². The first kappa shape index (κ1) is 19.5. The fourth-order valence-corrected chi connectivity index (χ4v) is 4.57. The number of rotatable bonds is 4. The zero-order chi connectivity index (χ0) is 21.1. The molecule has 4 N–H and O–H groups in total. The van der Waals surface area contributed by atoms with E-state index in [4.69, 9.17) is 18.1 Å². The van der Waals surface area contributed by atoms with Crippen molar-refractivity contribution in [2.24, 2.45) is 11.7 Å². The number of nitrogens with two attached hydrogens (primary N) is 2. The smallest absolute Gasteiger partial charge is 0.350 e. The molecule has 8 nitrogen and oxygen atoms in total. The van der Waals surface area contributed by atoms with Crippen LogP contribution < -0.4 is 27.7 Å². The Hall–Kier alpha value is -2.79. The van der Waals surface area contributed by atoms with Gasteiger partial charge in [-0.1, -0.05) is 0 Å². The van der Waals surface area contributed by atoms with Crippen LogP contribution in [0.25, 0.3) is 15.7 Å². The van der Waals surface area contributed by atoms with Gasteiger partial charge in [-0.15, -0.1) is 0 Å². The molecular formula is C21H28N6O2. The average molecular weight is 396 g/mol. The van der Waals surface area contributed by atoms with Crippen LogP contribution in [0.15, 0.2) is 21.7 Å². The Labute approximate surface area is 169 Å². The molecule has 2 fully saturated rings. The summed E-state index contributed by atoms with van der Waals surface area (Å²) in [4.78, 5) is 31.2. The number of aromatic nitrogens is 2. The van der Waals surface area contributed by atoms with E-state index in [1.807, 2.05) is 26.8 Å². The van der Waals surface area contributed by atoms with Crippen LogP contribution in [-0.4, -0.2) is 33.9 Å². The maximum absolute atomic E-state index is 12.7. The van der Waals surface area contributed by atoms with Crippen LogP contribution >= 0.6 is 0 Å². The van der Waals surface area contributed by atoms with Gasteiger partial charge in [0, 0.05) is 44.6 Å². The Kier molecular flexibility index (Phi) is 4.46. The highest BCUT2D eigenvalue weighted by atomic mass is 16.2. The largest absolute Gasteiger partial charge is 0.371 e. The fraction of sp³-hybridized carbons (Fsp3) is 0.571. The second kappa shape index (κ2) is 6.63. The van der Waals surface area contributed by atoms with E-state index in [1.165, 1.54) is 0 Å². The van der Waals surface area contributed by atoms with E-state index in [1.54, 1.807) is 10.6 Å². The van der Waals surface area contributed by atoms with Gasteiger partial charge in [0.15, 0.2) is 0 Å². The van der Waals surface area contributed by atoms with Crippen LogP contribution in [0.4, 0.5) is 5.69 Å². The second-order valence-corrected chi connectivity index (χ2v) is 8.95. The van der Waals surface area contributed by atoms with E-state index in [2.05, 4.69) is 9.74 Å². The van der Waals surface area contributed by atoms with Gasteiger partial charge in [-0.3, -0.25) is 9.36 Å². The third kappa shape index (κ3) is 3.01. The van der Waals surface area contributed by atoms with Crippen molar-refractivity contribution in [2.75, 3.05) is 23.8 Å². The lowest BCUT2D eigenvalue weighted by molar-refractivity contribution is 0.355. The Bertz CT molecular complexity index is 1140. The summed E-state index contributed by atoms with van der Waals surface area (Å²) in [7, 11) is 0. The van der Waals surface area contributed by atoms with Gasteiger partial charge in [0.25, 0.3) is 5.56 Å². The molecule has 2 atom stereocenters. The van der Waals surface area contributed by atoms with Gasteiger partial charge in [-0.25, -0.2) is 11.4 Å². The summed E-state index contributed by atoms with van der Waals surface area (Å²) in [6.07, 6.45) is 2.75. The quantitative estimate of drug-likeness (QED) is 0.600. The number of nitrogen functional groups attached to an aromatic ring is 1. The number of fused-ring (bicyclic) bond motifs is 1. The molecule has 1 saturated heterocycles. The fourth-order valence-electron chi connectivity index (χ4n) is 4.57. The minimum atomic E-state index is -0.599. The zero-order valence-corrected chi connectivity index (χ0v) is 17.2. The summed E-state index contributed by atoms with van der Waals surface area (Å²) < 4.78 is 2.41. The molecule has 0 radical (unpaired) electrons. The molecule has 1 aromatic heterocycles. The molecule has 1 aromatic carbocycles. The number of anilines is 1. The van der Waals surface area contributed by atoms with Gasteiger partial charge in [-0.2, -0.15) is 4.68 Å². The molecule has 0 spiro atoms. The van der Waals surface area contributed by atoms with Crippen molar-refractivity contribution in [3.05, 3.63) is 50.0 Å². The number of hydrogen-bond donors (Lipinski definition) is 2. The van der Waals surface area contributed by atoms with Crippen molar-refractivity contribution in [3.8, 4) is 0 Å². The summed E-state index contributed by atoms with van der Waals surface area (Å²) >= 11 is 0. The van der Waals surface area contributed by atoms with Gasteiger partial charge in [0.05, 0.1) is 16.9 Å². The van der Waals surface area contributed by atoms with Gasteiger partial charge >= 0.3 is 5.69 Å². The molecule has 2 heterocycles. The summed E-state index contributed by atoms with van der Waals surface area (Å²) in [5.41, 5.74) is 7.53. The molecule has 0 amide bonds. The number of hydrogen-bond acceptors (Lipinski definition) is 5. The minimum Gasteiger partial charge on any atom is -0.371 e. The predicted octanol–water partition coefficient (Wildman–Crippen LogP) is 1.37. The Balaban J connectivity index is 1.77. The van der Waals surface area contributed by atoms with Gasteiger partial charge < -0.3 is 21.3 Å². The average Bonchev–Trinajstić information content (AvgIpc) is 3.42. The molecular weight excluding hydrogens is 368 g/mol. The Morgan fingerprint density at radius 1 is 1.24 bits per heavy atom. The van der Waals surface area contributed by atoms with Gasteiger partial charge in [0.1, 0.15) is 0 Å². The van der Waals surface area contributed by atoms with Crippen LogP contribution in [0.2, 0.25) is 0 Å². The number of nitrogens with zero attached hydrogens (tertiary/aromatic N) is 4. The summed E-state index contributed by atoms with van der Waals surface area (Å²) in [5.74, 6) is 5.97. The van der Waals surface area contributed by atoms with Crippen molar-refractivity contribution in [1.82, 2.24) is 9.24 Å². The van der Waals surface area contributed by atoms with Crippen LogP contribution in [0.3, 0.4) is 0 Å². The highest BCUT2D eigenvalue weighted by molar-refractivity contribution is 5.87. The third-order valence-electron chi connectivity index (χ3n) is 6.59. The van der Waals surface area contributed by atoms with Crippen molar-refractivity contribution < 1.29 is 0 Å². The zero-order valence-electron chi connectivity index (χ0n) is 17.2. The Morgan fingerprint density at radius 3 is 2.55 bits per heavy atom. The van der Waals surface area contributed by atoms with Crippen molar-refractivity contribution in [1.29, 1.82) is 0 Å². The molecule has 4 rings (SSSR count). The SMILES string of the molecule is [C-]#[N+]C(C)(C)C(N)C1CCN(c2ccc3c(=O)n(N)c(=O)n(C4CC4)c3c2C)C1. The van der Waals surface area contributed by atoms with Crippen LogP contribution in [-0.2, 0) is 0 Å². The first-order valence-corrected chi connectivity index (χ1v) is 10.1. The lowest BCUT2D eigenvalue weighted by Gasteiger charge is -2.27. The molecule has 2 unspecified atom stereocenters. The second-order valence-electron chi connectivity index (χ2n) is 8.95. The molecule has 1 aliphatic heterocycles. The predicted molar refractivity (Wildman–Crippen MR) is 115 cm³/mol. The van der Waals surface area contributed by atoms with E-state index in [-0.39, 0.29) is 18.0 Å². The molecule has 8 heteroatoms. The van der Waals surface area contributed by atoms with E-state index in [0.29, 0.717) is 10.9 Å². The highest BCUT2D eigenvalue weighted by Gasteiger charge is 2.41. The lowest BCUT2D eigenvalue weighted by atomic mass is 9.85. The molecule has 1 saturated carbocycles. The third-order valence-corrected chi connectivity index (χ3v) is 6.59. The van der Waals surface area contributed by atoms with Crippen LogP contribution in [0.1, 0.15) is 44.7 Å². The first-order chi connectivity index (χ1) is 13.7. The van der Waals surface area contributed by atoms with E-state index >= 15 is 0 Å². The standard InChI is InChI=1S/C21H28N6O2/c1-12-16(25-10-9-13(11-25)18(22)21(2,3)24-4)8-7-15-17(12)26(14-5-6-14)20(29)27(23)19(15)28/h7-8,13-14,18H,5-6,9-11,22-23H2,1-3H3. The molecule has 1 aliphatic carbocycles. The molecule has 2 aromatic rings. The number of aryl methyl sites for hydroxylation is 1. The summed E-state index contributed by atoms with van der Waals surface area (Å²) in [6.45, 7) is 14.8. The van der Waals surface area contributed by atoms with Crippen LogP contribution in [0, 0.1) is 19.4 Å². The van der Waals surface area contributed by atoms with E-state index in [0.717, 1.165) is 48.3 Å². The molecule has 29 heavy (non-hydrogen) atoms. The number of benzene rings is 1. The highest BCUT2D eigenvalue weighted by Crippen LogP contribution is 2.38. The first-order valence-electron chi connectivity index (χ1n) is 10.1. The monoisotopic (exact) mass is 396 g/mol. The van der Waals surface area contributed by atoms with Crippen molar-refractivity contribution >= 4 is 16.6 Å². The van der Waals surface area contributed by atoms with Gasteiger partial charge in [0.2, 0.25) is 5.54 Å². The minimum absolute atomic E-state index is 0.105. The van der Waals surface area contributed by atoms with E-state index < -0.39 is 16.8 Å². The van der Waals surface area contributed by atoms with Crippen molar-refractivity contribution in [2.45, 2.75) is 57.7 Å². The maximum atomic E-state index is 12.7. The van der Waals surface area contributed by atoms with Gasteiger partial charge in [-0.05, 0) is 43.9 Å². The summed E-state index contributed by atoms with van der Waals surface area (Å²) in [5, 5.41) is 0.474. The van der Waals surface area contributed by atoms with Crippen LogP contribution in [0.5, 0.6) is 0 Å². The maximum Gasteiger partial charge on any atom is 0.350 e. The molecule has 2 aliphatic rings. The summed E-state index contributed by atoms with van der Waals surface area (Å²) in [6, 6.07) is 3.61. The molecule has 154 valence electrons. The lowest BCUT2D eigenvalue weighted by Crippen LogP contribution is -2.47. The topological polar surface area (TPSA) is 104 Å². The Morgan fingerprint density at radius 2 is 1.93 bits per heavy atom. The normalized spacial score (nSPS) is 20.8.